The number of ether oxygens (including phenoxy) is 1. The maximum atomic E-state index is 12.6. The third-order valence-corrected chi connectivity index (χ3v) is 4.24. The summed E-state index contributed by atoms with van der Waals surface area (Å²) in [5.74, 6) is 1.15. The van der Waals surface area contributed by atoms with Gasteiger partial charge in [-0.15, -0.1) is 0 Å². The van der Waals surface area contributed by atoms with Gasteiger partial charge in [0.2, 0.25) is 5.89 Å². The summed E-state index contributed by atoms with van der Waals surface area (Å²) >= 11 is 0. The van der Waals surface area contributed by atoms with E-state index in [-0.39, 0.29) is 23.3 Å². The summed E-state index contributed by atoms with van der Waals surface area (Å²) in [5, 5.41) is 11.2. The molecule has 0 spiro atoms. The van der Waals surface area contributed by atoms with Crippen LogP contribution in [0.5, 0.6) is 5.75 Å². The van der Waals surface area contributed by atoms with Gasteiger partial charge in [-0.3, -0.25) is 19.5 Å². The van der Waals surface area contributed by atoms with Crippen LogP contribution in [-0.4, -0.2) is 26.6 Å². The Bertz CT molecular complexity index is 1230. The van der Waals surface area contributed by atoms with Gasteiger partial charge in [-0.1, -0.05) is 0 Å². The van der Waals surface area contributed by atoms with Crippen molar-refractivity contribution in [3.8, 4) is 17.2 Å². The van der Waals surface area contributed by atoms with Crippen LogP contribution in [0.25, 0.3) is 22.4 Å². The first-order valence-electron chi connectivity index (χ1n) is 8.27. The Hall–Kier alpha value is -4.01. The highest BCUT2D eigenvalue weighted by Crippen LogP contribution is 2.22. The van der Waals surface area contributed by atoms with E-state index in [2.05, 4.69) is 9.97 Å². The molecule has 140 valence electrons. The smallest absolute Gasteiger partial charge is 0.271 e. The van der Waals surface area contributed by atoms with Crippen LogP contribution < -0.4 is 10.3 Å². The number of nitrogens with zero attached hydrogens (tertiary/aromatic N) is 4. The van der Waals surface area contributed by atoms with Gasteiger partial charge >= 0.3 is 0 Å². The van der Waals surface area contributed by atoms with Gasteiger partial charge < -0.3 is 9.15 Å². The van der Waals surface area contributed by atoms with Crippen molar-refractivity contribution >= 4 is 16.6 Å². The highest BCUT2D eigenvalue weighted by Gasteiger charge is 2.12. The maximum absolute atomic E-state index is 12.6. The highest BCUT2D eigenvalue weighted by atomic mass is 16.6. The van der Waals surface area contributed by atoms with Gasteiger partial charge in [0, 0.05) is 17.7 Å². The van der Waals surface area contributed by atoms with Gasteiger partial charge in [0.1, 0.15) is 12.0 Å². The van der Waals surface area contributed by atoms with E-state index >= 15 is 0 Å². The average Bonchev–Trinajstić information content (AvgIpc) is 3.18. The van der Waals surface area contributed by atoms with Crippen LogP contribution in [0.4, 0.5) is 5.69 Å². The van der Waals surface area contributed by atoms with Gasteiger partial charge in [-0.2, -0.15) is 0 Å². The Morgan fingerprint density at radius 2 is 2.00 bits per heavy atom. The van der Waals surface area contributed by atoms with E-state index in [9.17, 15) is 14.9 Å². The van der Waals surface area contributed by atoms with Crippen molar-refractivity contribution in [1.29, 1.82) is 0 Å². The summed E-state index contributed by atoms with van der Waals surface area (Å²) in [5.41, 5.74) is 1.18. The number of methoxy groups -OCH3 is 1. The third-order valence-electron chi connectivity index (χ3n) is 4.24. The molecule has 2 aromatic carbocycles. The zero-order valence-corrected chi connectivity index (χ0v) is 14.7. The van der Waals surface area contributed by atoms with Crippen molar-refractivity contribution in [1.82, 2.24) is 14.5 Å². The van der Waals surface area contributed by atoms with Crippen LogP contribution in [0.2, 0.25) is 0 Å². The molecule has 0 aliphatic heterocycles. The van der Waals surface area contributed by atoms with E-state index < -0.39 is 4.92 Å². The van der Waals surface area contributed by atoms with E-state index in [1.807, 2.05) is 12.1 Å². The molecule has 0 unspecified atom stereocenters. The van der Waals surface area contributed by atoms with E-state index in [0.29, 0.717) is 17.0 Å². The Labute approximate surface area is 158 Å². The second-order valence-corrected chi connectivity index (χ2v) is 6.01. The molecule has 0 N–H and O–H groups in total. The Morgan fingerprint density at radius 1 is 1.21 bits per heavy atom. The van der Waals surface area contributed by atoms with Crippen LogP contribution in [-0.2, 0) is 6.54 Å². The van der Waals surface area contributed by atoms with E-state index in [1.54, 1.807) is 19.2 Å². The predicted molar refractivity (Wildman–Crippen MR) is 100 cm³/mol. The Morgan fingerprint density at radius 3 is 2.71 bits per heavy atom. The van der Waals surface area contributed by atoms with Gasteiger partial charge in [-0.05, 0) is 30.3 Å². The number of nitro benzene ring substituents is 1. The van der Waals surface area contributed by atoms with Crippen molar-refractivity contribution in [3.63, 3.8) is 0 Å². The van der Waals surface area contributed by atoms with Crippen molar-refractivity contribution in [2.45, 2.75) is 6.54 Å². The fraction of sp³-hybridized carbons (Fsp3) is 0.105. The van der Waals surface area contributed by atoms with Crippen molar-refractivity contribution in [3.05, 3.63) is 81.2 Å². The summed E-state index contributed by atoms with van der Waals surface area (Å²) < 4.78 is 12.0. The normalized spacial score (nSPS) is 10.9. The van der Waals surface area contributed by atoms with E-state index in [0.717, 1.165) is 11.3 Å². The Balaban J connectivity index is 1.62. The molecule has 0 atom stereocenters. The number of nitro groups is 1. The largest absolute Gasteiger partial charge is 0.497 e. The lowest BCUT2D eigenvalue weighted by molar-refractivity contribution is -0.384. The minimum Gasteiger partial charge on any atom is -0.497 e. The number of hydrogen-bond donors (Lipinski definition) is 0. The van der Waals surface area contributed by atoms with Gasteiger partial charge in [0.05, 0.1) is 41.5 Å². The minimum atomic E-state index is -0.525. The molecule has 0 aliphatic rings. The zero-order chi connectivity index (χ0) is 19.7. The van der Waals surface area contributed by atoms with E-state index in [4.69, 9.17) is 9.15 Å². The lowest BCUT2D eigenvalue weighted by Crippen LogP contribution is -2.21. The maximum Gasteiger partial charge on any atom is 0.271 e. The highest BCUT2D eigenvalue weighted by molar-refractivity contribution is 5.79. The molecule has 0 saturated carbocycles. The van der Waals surface area contributed by atoms with Crippen molar-refractivity contribution in [2.24, 2.45) is 0 Å². The Kier molecular flexibility index (Phi) is 4.32. The summed E-state index contributed by atoms with van der Waals surface area (Å²) in [6, 6.07) is 11.2. The third kappa shape index (κ3) is 3.20. The van der Waals surface area contributed by atoms with Crippen LogP contribution in [0.15, 0.2) is 64.3 Å². The summed E-state index contributed by atoms with van der Waals surface area (Å²) in [6.07, 6.45) is 2.82. The molecule has 2 heterocycles. The standard InChI is InChI=1S/C19H14N4O5/c1-27-15-5-2-12(3-6-15)18-21-13(10-28-18)9-22-11-20-17-8-14(23(25)26)4-7-16(17)19(22)24/h2-8,10-11H,9H2,1H3. The van der Waals surface area contributed by atoms with Gasteiger partial charge in [0.25, 0.3) is 11.2 Å². The van der Waals surface area contributed by atoms with Crippen LogP contribution in [0.3, 0.4) is 0 Å². The molecule has 4 aromatic rings. The quantitative estimate of drug-likeness (QED) is 0.387. The number of non-ortho nitro benzene ring substituents is 1. The molecule has 2 aromatic heterocycles. The molecular formula is C19H14N4O5. The number of fused-ring (bicyclic) bond motifs is 1. The minimum absolute atomic E-state index is 0.113. The molecule has 0 bridgehead atoms. The molecule has 0 aliphatic carbocycles. The molecular weight excluding hydrogens is 364 g/mol. The number of hydrogen-bond acceptors (Lipinski definition) is 7. The van der Waals surface area contributed by atoms with Crippen LogP contribution in [0, 0.1) is 10.1 Å². The monoisotopic (exact) mass is 378 g/mol. The summed E-state index contributed by atoms with van der Waals surface area (Å²) in [7, 11) is 1.59. The fourth-order valence-electron chi connectivity index (χ4n) is 2.79. The lowest BCUT2D eigenvalue weighted by Gasteiger charge is -2.04. The molecule has 9 nitrogen and oxygen atoms in total. The predicted octanol–water partition coefficient (Wildman–Crippen LogP) is 3.02. The molecule has 4 rings (SSSR count). The van der Waals surface area contributed by atoms with Crippen LogP contribution >= 0.6 is 0 Å². The fourth-order valence-corrected chi connectivity index (χ4v) is 2.79. The van der Waals surface area contributed by atoms with Crippen molar-refractivity contribution in [2.75, 3.05) is 7.11 Å². The molecule has 0 radical (unpaired) electrons. The molecule has 9 heteroatoms. The van der Waals surface area contributed by atoms with E-state index in [1.165, 1.54) is 35.4 Å². The second kappa shape index (κ2) is 6.95. The molecule has 0 fully saturated rings. The lowest BCUT2D eigenvalue weighted by atomic mass is 10.2. The first-order chi connectivity index (χ1) is 13.5. The SMILES string of the molecule is COc1ccc(-c2nc(Cn3cnc4cc([N+](=O)[O-])ccc4c3=O)co2)cc1. The number of aromatic nitrogens is 3. The van der Waals surface area contributed by atoms with Gasteiger partial charge in [-0.25, -0.2) is 9.97 Å². The summed E-state index contributed by atoms with van der Waals surface area (Å²) in [6.45, 7) is 0.165. The molecule has 0 saturated heterocycles. The second-order valence-electron chi connectivity index (χ2n) is 6.01. The first-order valence-corrected chi connectivity index (χ1v) is 8.27. The summed E-state index contributed by atoms with van der Waals surface area (Å²) in [4.78, 5) is 31.5. The molecule has 28 heavy (non-hydrogen) atoms. The number of rotatable bonds is 5. The van der Waals surface area contributed by atoms with Gasteiger partial charge in [0.15, 0.2) is 0 Å². The van der Waals surface area contributed by atoms with Crippen LogP contribution in [0.1, 0.15) is 5.69 Å². The van der Waals surface area contributed by atoms with Crippen molar-refractivity contribution < 1.29 is 14.1 Å². The molecule has 0 amide bonds. The first kappa shape index (κ1) is 17.4. The number of oxazole rings is 1. The zero-order valence-electron chi connectivity index (χ0n) is 14.7. The topological polar surface area (TPSA) is 113 Å². The number of benzene rings is 2. The average molecular weight is 378 g/mol.